The van der Waals surface area contributed by atoms with Gasteiger partial charge in [-0.05, 0) is 30.3 Å². The molecule has 0 aliphatic carbocycles. The number of ether oxygens (including phenoxy) is 1. The SMILES string of the molecule is Oc1ccc(-c2cc(-c3nc(CN4CCOCC4)no3)[nH]n2)cc1. The molecule has 124 valence electrons. The first-order chi connectivity index (χ1) is 11.8. The number of morpholine rings is 1. The van der Waals surface area contributed by atoms with Crippen LogP contribution in [-0.2, 0) is 11.3 Å². The molecule has 3 heterocycles. The van der Waals surface area contributed by atoms with Gasteiger partial charge in [0.2, 0.25) is 0 Å². The van der Waals surface area contributed by atoms with Crippen LogP contribution in [0.1, 0.15) is 5.82 Å². The Morgan fingerprint density at radius 3 is 2.75 bits per heavy atom. The Bertz CT molecular complexity index is 805. The minimum Gasteiger partial charge on any atom is -0.508 e. The zero-order valence-electron chi connectivity index (χ0n) is 13.0. The summed E-state index contributed by atoms with van der Waals surface area (Å²) < 4.78 is 10.7. The minimum atomic E-state index is 0.221. The van der Waals surface area contributed by atoms with Crippen LogP contribution in [0.3, 0.4) is 0 Å². The van der Waals surface area contributed by atoms with Gasteiger partial charge in [-0.15, -0.1) is 0 Å². The summed E-state index contributed by atoms with van der Waals surface area (Å²) in [6.07, 6.45) is 0. The number of aromatic hydroxyl groups is 1. The number of nitrogens with zero attached hydrogens (tertiary/aromatic N) is 4. The van der Waals surface area contributed by atoms with E-state index < -0.39 is 0 Å². The lowest BCUT2D eigenvalue weighted by molar-refractivity contribution is 0.0327. The van der Waals surface area contributed by atoms with Gasteiger partial charge in [0.05, 0.1) is 25.5 Å². The molecule has 3 aromatic rings. The normalized spacial score (nSPS) is 15.7. The molecule has 1 aliphatic heterocycles. The molecule has 2 aromatic heterocycles. The summed E-state index contributed by atoms with van der Waals surface area (Å²) in [7, 11) is 0. The summed E-state index contributed by atoms with van der Waals surface area (Å²) in [6.45, 7) is 3.87. The maximum Gasteiger partial charge on any atom is 0.275 e. The molecule has 2 N–H and O–H groups in total. The summed E-state index contributed by atoms with van der Waals surface area (Å²) in [6, 6.07) is 8.69. The average molecular weight is 327 g/mol. The molecule has 1 fully saturated rings. The topological polar surface area (TPSA) is 100 Å². The fourth-order valence-electron chi connectivity index (χ4n) is 2.60. The van der Waals surface area contributed by atoms with E-state index in [4.69, 9.17) is 9.26 Å². The number of rotatable bonds is 4. The summed E-state index contributed by atoms with van der Waals surface area (Å²) in [5.74, 6) is 1.28. The molecule has 1 aliphatic rings. The third-order valence-corrected chi connectivity index (χ3v) is 3.91. The Morgan fingerprint density at radius 1 is 1.17 bits per heavy atom. The quantitative estimate of drug-likeness (QED) is 0.751. The van der Waals surface area contributed by atoms with Gasteiger partial charge in [0, 0.05) is 18.7 Å². The van der Waals surface area contributed by atoms with Gasteiger partial charge in [-0.2, -0.15) is 10.1 Å². The van der Waals surface area contributed by atoms with Crippen molar-refractivity contribution in [2.75, 3.05) is 26.3 Å². The van der Waals surface area contributed by atoms with E-state index in [0.29, 0.717) is 24.0 Å². The number of H-pyrrole nitrogens is 1. The molecule has 8 nitrogen and oxygen atoms in total. The predicted octanol–water partition coefficient (Wildman–Crippen LogP) is 1.66. The first kappa shape index (κ1) is 14.9. The lowest BCUT2D eigenvalue weighted by atomic mass is 10.1. The lowest BCUT2D eigenvalue weighted by Crippen LogP contribution is -2.35. The Hall–Kier alpha value is -2.71. The number of hydrogen-bond acceptors (Lipinski definition) is 7. The average Bonchev–Trinajstić information content (AvgIpc) is 3.26. The van der Waals surface area contributed by atoms with Gasteiger partial charge in [0.1, 0.15) is 11.4 Å². The van der Waals surface area contributed by atoms with Crippen LogP contribution >= 0.6 is 0 Å². The molecule has 0 saturated carbocycles. The van der Waals surface area contributed by atoms with Crippen molar-refractivity contribution in [1.82, 2.24) is 25.2 Å². The molecular weight excluding hydrogens is 310 g/mol. The van der Waals surface area contributed by atoms with E-state index in [0.717, 1.165) is 37.6 Å². The smallest absolute Gasteiger partial charge is 0.275 e. The molecule has 0 radical (unpaired) electrons. The van der Waals surface area contributed by atoms with Crippen LogP contribution < -0.4 is 0 Å². The molecule has 0 amide bonds. The van der Waals surface area contributed by atoms with Crippen molar-refractivity contribution in [2.45, 2.75) is 6.54 Å². The van der Waals surface area contributed by atoms with Gasteiger partial charge < -0.3 is 14.4 Å². The Kier molecular flexibility index (Phi) is 3.97. The molecule has 4 rings (SSSR count). The van der Waals surface area contributed by atoms with Gasteiger partial charge in [-0.25, -0.2) is 0 Å². The van der Waals surface area contributed by atoms with Crippen molar-refractivity contribution in [3.8, 4) is 28.6 Å². The van der Waals surface area contributed by atoms with E-state index >= 15 is 0 Å². The number of phenolic OH excluding ortho intramolecular Hbond substituents is 1. The van der Waals surface area contributed by atoms with E-state index in [2.05, 4.69) is 25.2 Å². The number of benzene rings is 1. The molecule has 0 bridgehead atoms. The van der Waals surface area contributed by atoms with Crippen molar-refractivity contribution >= 4 is 0 Å². The largest absolute Gasteiger partial charge is 0.508 e. The maximum absolute atomic E-state index is 9.35. The molecule has 1 saturated heterocycles. The van der Waals surface area contributed by atoms with Crippen LogP contribution in [0, 0.1) is 0 Å². The highest BCUT2D eigenvalue weighted by atomic mass is 16.5. The van der Waals surface area contributed by atoms with Gasteiger partial charge in [-0.3, -0.25) is 10.00 Å². The molecule has 24 heavy (non-hydrogen) atoms. The monoisotopic (exact) mass is 327 g/mol. The van der Waals surface area contributed by atoms with Crippen LogP contribution in [0.25, 0.3) is 22.8 Å². The van der Waals surface area contributed by atoms with Gasteiger partial charge in [0.15, 0.2) is 5.82 Å². The number of aromatic nitrogens is 4. The Morgan fingerprint density at radius 2 is 1.96 bits per heavy atom. The highest BCUT2D eigenvalue weighted by Gasteiger charge is 2.16. The van der Waals surface area contributed by atoms with Crippen LogP contribution in [0.4, 0.5) is 0 Å². The van der Waals surface area contributed by atoms with Crippen molar-refractivity contribution in [3.05, 3.63) is 36.2 Å². The van der Waals surface area contributed by atoms with E-state index in [1.165, 1.54) is 0 Å². The van der Waals surface area contributed by atoms with Gasteiger partial charge in [0.25, 0.3) is 5.89 Å². The predicted molar refractivity (Wildman–Crippen MR) is 85.1 cm³/mol. The Labute approximate surface area is 138 Å². The van der Waals surface area contributed by atoms with Crippen molar-refractivity contribution in [2.24, 2.45) is 0 Å². The van der Waals surface area contributed by atoms with Crippen LogP contribution in [0.2, 0.25) is 0 Å². The van der Waals surface area contributed by atoms with E-state index in [1.807, 2.05) is 6.07 Å². The molecule has 0 unspecified atom stereocenters. The number of phenols is 1. The van der Waals surface area contributed by atoms with E-state index in [9.17, 15) is 5.11 Å². The first-order valence-electron chi connectivity index (χ1n) is 7.76. The highest BCUT2D eigenvalue weighted by Crippen LogP contribution is 2.24. The number of nitrogens with one attached hydrogen (secondary N) is 1. The summed E-state index contributed by atoms with van der Waals surface area (Å²) in [5, 5.41) is 20.5. The maximum atomic E-state index is 9.35. The highest BCUT2D eigenvalue weighted by molar-refractivity contribution is 5.64. The molecule has 8 heteroatoms. The molecular formula is C16H17N5O3. The van der Waals surface area contributed by atoms with Crippen LogP contribution in [-0.4, -0.2) is 56.6 Å². The summed E-state index contributed by atoms with van der Waals surface area (Å²) in [5.41, 5.74) is 2.31. The summed E-state index contributed by atoms with van der Waals surface area (Å²) >= 11 is 0. The third-order valence-electron chi connectivity index (χ3n) is 3.91. The number of aromatic amines is 1. The zero-order chi connectivity index (χ0) is 16.4. The standard InChI is InChI=1S/C16H17N5O3/c22-12-3-1-11(2-4-12)13-9-14(19-18-13)16-17-15(20-24-16)10-21-5-7-23-8-6-21/h1-4,9,22H,5-8,10H2,(H,18,19). The van der Waals surface area contributed by atoms with Gasteiger partial charge >= 0.3 is 0 Å². The zero-order valence-corrected chi connectivity index (χ0v) is 13.0. The van der Waals surface area contributed by atoms with Crippen LogP contribution in [0.15, 0.2) is 34.9 Å². The fourth-order valence-corrected chi connectivity index (χ4v) is 2.60. The second-order valence-electron chi connectivity index (χ2n) is 5.62. The second kappa shape index (κ2) is 6.42. The van der Waals surface area contributed by atoms with Crippen molar-refractivity contribution in [1.29, 1.82) is 0 Å². The fraction of sp³-hybridized carbons (Fsp3) is 0.312. The van der Waals surface area contributed by atoms with E-state index in [1.54, 1.807) is 24.3 Å². The van der Waals surface area contributed by atoms with Crippen molar-refractivity contribution in [3.63, 3.8) is 0 Å². The van der Waals surface area contributed by atoms with Crippen molar-refractivity contribution < 1.29 is 14.4 Å². The second-order valence-corrected chi connectivity index (χ2v) is 5.62. The first-order valence-corrected chi connectivity index (χ1v) is 7.76. The lowest BCUT2D eigenvalue weighted by Gasteiger charge is -2.24. The third kappa shape index (κ3) is 3.15. The molecule has 0 atom stereocenters. The van der Waals surface area contributed by atoms with Crippen LogP contribution in [0.5, 0.6) is 5.75 Å². The minimum absolute atomic E-state index is 0.221. The summed E-state index contributed by atoms with van der Waals surface area (Å²) in [4.78, 5) is 6.65. The number of hydrogen-bond donors (Lipinski definition) is 2. The Balaban J connectivity index is 1.49. The molecule has 0 spiro atoms. The van der Waals surface area contributed by atoms with E-state index in [-0.39, 0.29) is 5.75 Å². The van der Waals surface area contributed by atoms with Gasteiger partial charge in [-0.1, -0.05) is 5.16 Å². The molecule has 1 aromatic carbocycles.